The topological polar surface area (TPSA) is 46.2 Å². The van der Waals surface area contributed by atoms with Gasteiger partial charge in [-0.1, -0.05) is 30.7 Å². The van der Waals surface area contributed by atoms with Crippen LogP contribution in [-0.4, -0.2) is 26.0 Å². The van der Waals surface area contributed by atoms with Crippen molar-refractivity contribution in [2.24, 2.45) is 0 Å². The Labute approximate surface area is 114 Å². The Balaban J connectivity index is 2.59. The SMILES string of the molecule is CCS(=O)(=O)CC(C)NC(C)c1ccc(Cl)cc1. The first-order valence-electron chi connectivity index (χ1n) is 6.06. The zero-order valence-electron chi connectivity index (χ0n) is 11.0. The summed E-state index contributed by atoms with van der Waals surface area (Å²) in [6.45, 7) is 5.57. The molecule has 0 radical (unpaired) electrons. The van der Waals surface area contributed by atoms with Crippen LogP contribution in [0, 0.1) is 0 Å². The Morgan fingerprint density at radius 2 is 1.78 bits per heavy atom. The first kappa shape index (κ1) is 15.5. The summed E-state index contributed by atoms with van der Waals surface area (Å²) in [5, 5.41) is 3.99. The maximum atomic E-state index is 11.5. The minimum absolute atomic E-state index is 0.0689. The Kier molecular flexibility index (Phi) is 5.63. The molecule has 0 bridgehead atoms. The van der Waals surface area contributed by atoms with Gasteiger partial charge in [-0.3, -0.25) is 0 Å². The van der Waals surface area contributed by atoms with Gasteiger partial charge in [0, 0.05) is 22.9 Å². The fraction of sp³-hybridized carbons (Fsp3) is 0.538. The summed E-state index contributed by atoms with van der Waals surface area (Å²) < 4.78 is 23.0. The third-order valence-electron chi connectivity index (χ3n) is 2.85. The smallest absolute Gasteiger partial charge is 0.151 e. The van der Waals surface area contributed by atoms with E-state index in [0.29, 0.717) is 5.02 Å². The fourth-order valence-corrected chi connectivity index (χ4v) is 3.04. The van der Waals surface area contributed by atoms with Crippen LogP contribution in [0.25, 0.3) is 0 Å². The Morgan fingerprint density at radius 3 is 2.28 bits per heavy atom. The number of halogens is 1. The van der Waals surface area contributed by atoms with Gasteiger partial charge in [0.15, 0.2) is 9.84 Å². The molecule has 0 aromatic heterocycles. The van der Waals surface area contributed by atoms with Crippen LogP contribution in [0.4, 0.5) is 0 Å². The highest BCUT2D eigenvalue weighted by atomic mass is 35.5. The lowest BCUT2D eigenvalue weighted by molar-refractivity contribution is 0.500. The third kappa shape index (κ3) is 4.96. The summed E-state index contributed by atoms with van der Waals surface area (Å²) in [4.78, 5) is 0. The van der Waals surface area contributed by atoms with E-state index >= 15 is 0 Å². The van der Waals surface area contributed by atoms with Crippen molar-refractivity contribution in [3.8, 4) is 0 Å². The second-order valence-corrected chi connectivity index (χ2v) is 7.37. The van der Waals surface area contributed by atoms with Gasteiger partial charge in [-0.15, -0.1) is 0 Å². The number of rotatable bonds is 6. The second-order valence-electron chi connectivity index (χ2n) is 4.54. The first-order chi connectivity index (χ1) is 8.34. The van der Waals surface area contributed by atoms with Crippen molar-refractivity contribution in [1.29, 1.82) is 0 Å². The molecule has 1 aromatic rings. The molecule has 18 heavy (non-hydrogen) atoms. The third-order valence-corrected chi connectivity index (χ3v) is 4.99. The van der Waals surface area contributed by atoms with Crippen LogP contribution in [0.1, 0.15) is 32.4 Å². The molecule has 2 atom stereocenters. The van der Waals surface area contributed by atoms with E-state index < -0.39 is 9.84 Å². The number of hydrogen-bond acceptors (Lipinski definition) is 3. The van der Waals surface area contributed by atoms with Crippen molar-refractivity contribution >= 4 is 21.4 Å². The molecular weight excluding hydrogens is 270 g/mol. The van der Waals surface area contributed by atoms with Gasteiger partial charge >= 0.3 is 0 Å². The molecule has 2 unspecified atom stereocenters. The Morgan fingerprint density at radius 1 is 1.22 bits per heavy atom. The van der Waals surface area contributed by atoms with Crippen LogP contribution in [0.15, 0.2) is 24.3 Å². The van der Waals surface area contributed by atoms with Gasteiger partial charge in [0.25, 0.3) is 0 Å². The van der Waals surface area contributed by atoms with Crippen molar-refractivity contribution in [3.05, 3.63) is 34.9 Å². The maximum Gasteiger partial charge on any atom is 0.151 e. The molecule has 0 fully saturated rings. The molecule has 1 aromatic carbocycles. The standard InChI is InChI=1S/C13H20ClNO2S/c1-4-18(16,17)9-10(2)15-11(3)12-5-7-13(14)8-6-12/h5-8,10-11,15H,4,9H2,1-3H3. The van der Waals surface area contributed by atoms with Crippen molar-refractivity contribution < 1.29 is 8.42 Å². The predicted molar refractivity (Wildman–Crippen MR) is 76.8 cm³/mol. The number of sulfone groups is 1. The zero-order valence-corrected chi connectivity index (χ0v) is 12.6. The lowest BCUT2D eigenvalue weighted by Crippen LogP contribution is -2.35. The summed E-state index contributed by atoms with van der Waals surface area (Å²) in [5.74, 6) is 0.357. The highest BCUT2D eigenvalue weighted by Crippen LogP contribution is 2.16. The minimum Gasteiger partial charge on any atom is -0.307 e. The van der Waals surface area contributed by atoms with Crippen LogP contribution in [0.3, 0.4) is 0 Å². The van der Waals surface area contributed by atoms with Gasteiger partial charge in [-0.05, 0) is 31.5 Å². The van der Waals surface area contributed by atoms with Crippen LogP contribution in [-0.2, 0) is 9.84 Å². The second kappa shape index (κ2) is 6.55. The van der Waals surface area contributed by atoms with Crippen molar-refractivity contribution in [3.63, 3.8) is 0 Å². The molecule has 0 saturated heterocycles. The quantitative estimate of drug-likeness (QED) is 0.876. The summed E-state index contributed by atoms with van der Waals surface area (Å²) in [6.07, 6.45) is 0. The molecular formula is C13H20ClNO2S. The fourth-order valence-electron chi connectivity index (χ4n) is 1.82. The number of benzene rings is 1. The molecule has 0 amide bonds. The first-order valence-corrected chi connectivity index (χ1v) is 8.26. The van der Waals surface area contributed by atoms with Crippen molar-refractivity contribution in [1.82, 2.24) is 5.32 Å². The van der Waals surface area contributed by atoms with Crippen LogP contribution in [0.5, 0.6) is 0 Å². The molecule has 0 aliphatic carbocycles. The van der Waals surface area contributed by atoms with E-state index in [0.717, 1.165) is 5.56 Å². The van der Waals surface area contributed by atoms with Gasteiger partial charge in [-0.25, -0.2) is 8.42 Å². The van der Waals surface area contributed by atoms with Crippen molar-refractivity contribution in [2.45, 2.75) is 32.9 Å². The van der Waals surface area contributed by atoms with Gasteiger partial charge < -0.3 is 5.32 Å². The molecule has 5 heteroatoms. The molecule has 102 valence electrons. The van der Waals surface area contributed by atoms with E-state index in [1.165, 1.54) is 0 Å². The summed E-state index contributed by atoms with van der Waals surface area (Å²) in [7, 11) is -2.94. The maximum absolute atomic E-state index is 11.5. The summed E-state index contributed by atoms with van der Waals surface area (Å²) >= 11 is 5.83. The van der Waals surface area contributed by atoms with Crippen LogP contribution in [0.2, 0.25) is 5.02 Å². The lowest BCUT2D eigenvalue weighted by Gasteiger charge is -2.20. The largest absolute Gasteiger partial charge is 0.307 e. The van der Waals surface area contributed by atoms with E-state index in [4.69, 9.17) is 11.6 Å². The van der Waals surface area contributed by atoms with Gasteiger partial charge in [0.1, 0.15) is 0 Å². The van der Waals surface area contributed by atoms with Crippen LogP contribution < -0.4 is 5.32 Å². The Bertz CT molecular complexity index is 470. The minimum atomic E-state index is -2.94. The van der Waals surface area contributed by atoms with E-state index in [1.807, 2.05) is 38.1 Å². The summed E-state index contributed by atoms with van der Waals surface area (Å²) in [5.41, 5.74) is 1.10. The molecule has 0 saturated carbocycles. The molecule has 0 spiro atoms. The molecule has 1 N–H and O–H groups in total. The predicted octanol–water partition coefficient (Wildman–Crippen LogP) is 2.81. The molecule has 0 aliphatic rings. The summed E-state index contributed by atoms with van der Waals surface area (Å²) in [6, 6.07) is 7.59. The highest BCUT2D eigenvalue weighted by molar-refractivity contribution is 7.91. The molecule has 0 aliphatic heterocycles. The number of hydrogen-bond donors (Lipinski definition) is 1. The van der Waals surface area contributed by atoms with Gasteiger partial charge in [0.2, 0.25) is 0 Å². The highest BCUT2D eigenvalue weighted by Gasteiger charge is 2.16. The lowest BCUT2D eigenvalue weighted by atomic mass is 10.1. The molecule has 1 rings (SSSR count). The monoisotopic (exact) mass is 289 g/mol. The average Bonchev–Trinajstić information content (AvgIpc) is 2.29. The van der Waals surface area contributed by atoms with E-state index in [1.54, 1.807) is 6.92 Å². The molecule has 0 heterocycles. The average molecular weight is 290 g/mol. The zero-order chi connectivity index (χ0) is 13.8. The Hall–Kier alpha value is -0.580. The van der Waals surface area contributed by atoms with Crippen LogP contribution >= 0.6 is 11.6 Å². The normalized spacial score (nSPS) is 15.3. The molecule has 3 nitrogen and oxygen atoms in total. The van der Waals surface area contributed by atoms with E-state index in [2.05, 4.69) is 5.32 Å². The van der Waals surface area contributed by atoms with Gasteiger partial charge in [0.05, 0.1) is 5.75 Å². The van der Waals surface area contributed by atoms with E-state index in [9.17, 15) is 8.42 Å². The van der Waals surface area contributed by atoms with E-state index in [-0.39, 0.29) is 23.6 Å². The number of nitrogens with one attached hydrogen (secondary N) is 1. The van der Waals surface area contributed by atoms with Crippen molar-refractivity contribution in [2.75, 3.05) is 11.5 Å². The van der Waals surface area contributed by atoms with Gasteiger partial charge in [-0.2, -0.15) is 0 Å².